The van der Waals surface area contributed by atoms with E-state index in [0.29, 0.717) is 0 Å². The largest absolute Gasteiger partial charge is 0.455 e. The fourth-order valence-electron chi connectivity index (χ4n) is 7.44. The van der Waals surface area contributed by atoms with Crippen LogP contribution in [0.25, 0.3) is 75.1 Å². The standard InChI is InChI=1S/C46H29NOS/c1-3-13-30(14-4-1)39-29-40-37-21-11-20-34(45(37)48-46(40)36-18-8-7-17-35(36)39)31-25-27-33(28-26-31)47(32-15-5-2-6-16-32)41-22-12-24-43-44(41)38-19-9-10-23-42(38)49-43/h1-29H. The molecular formula is C46H29NOS. The summed E-state index contributed by atoms with van der Waals surface area (Å²) >= 11 is 1.85. The first-order valence-electron chi connectivity index (χ1n) is 16.6. The molecule has 2 aromatic heterocycles. The number of hydrogen-bond donors (Lipinski definition) is 0. The predicted octanol–water partition coefficient (Wildman–Crippen LogP) is 13.9. The molecular weight excluding hydrogens is 615 g/mol. The number of nitrogens with zero attached hydrogens (tertiary/aromatic N) is 1. The normalized spacial score (nSPS) is 11.7. The Kier molecular flexibility index (Phi) is 6.39. The molecule has 0 spiro atoms. The maximum atomic E-state index is 6.83. The van der Waals surface area contributed by atoms with Crippen LogP contribution in [0.2, 0.25) is 0 Å². The van der Waals surface area contributed by atoms with Gasteiger partial charge in [-0.1, -0.05) is 127 Å². The summed E-state index contributed by atoms with van der Waals surface area (Å²) in [4.78, 5) is 2.38. The first-order valence-corrected chi connectivity index (χ1v) is 17.4. The van der Waals surface area contributed by atoms with Crippen LogP contribution >= 0.6 is 11.3 Å². The minimum absolute atomic E-state index is 0.912. The molecule has 0 bridgehead atoms. The Morgan fingerprint density at radius 1 is 0.388 bits per heavy atom. The molecule has 2 heterocycles. The summed E-state index contributed by atoms with van der Waals surface area (Å²) in [6.45, 7) is 0. The first kappa shape index (κ1) is 27.9. The van der Waals surface area contributed by atoms with Crippen molar-refractivity contribution >= 4 is 81.3 Å². The molecule has 0 aliphatic rings. The van der Waals surface area contributed by atoms with Crippen LogP contribution in [0.15, 0.2) is 180 Å². The van der Waals surface area contributed by atoms with Gasteiger partial charge >= 0.3 is 0 Å². The second-order valence-electron chi connectivity index (χ2n) is 12.5. The van der Waals surface area contributed by atoms with Crippen molar-refractivity contribution < 1.29 is 4.42 Å². The van der Waals surface area contributed by atoms with Crippen molar-refractivity contribution in [3.63, 3.8) is 0 Å². The van der Waals surface area contributed by atoms with E-state index < -0.39 is 0 Å². The van der Waals surface area contributed by atoms with E-state index in [2.05, 4.69) is 181 Å². The van der Waals surface area contributed by atoms with Crippen LogP contribution in [-0.2, 0) is 0 Å². The lowest BCUT2D eigenvalue weighted by atomic mass is 9.95. The average Bonchev–Trinajstić information content (AvgIpc) is 3.75. The Labute approximate surface area is 287 Å². The zero-order chi connectivity index (χ0) is 32.3. The number of rotatable bonds is 5. The highest BCUT2D eigenvalue weighted by Crippen LogP contribution is 2.46. The third kappa shape index (κ3) is 4.47. The van der Waals surface area contributed by atoms with Crippen molar-refractivity contribution in [2.24, 2.45) is 0 Å². The summed E-state index contributed by atoms with van der Waals surface area (Å²) in [5, 5.41) is 7.16. The maximum absolute atomic E-state index is 6.83. The van der Waals surface area contributed by atoms with Crippen molar-refractivity contribution in [1.29, 1.82) is 0 Å². The molecule has 0 aliphatic heterocycles. The van der Waals surface area contributed by atoms with Crippen molar-refractivity contribution in [2.75, 3.05) is 4.90 Å². The predicted molar refractivity (Wildman–Crippen MR) is 210 cm³/mol. The Bertz CT molecular complexity index is 2810. The zero-order valence-corrected chi connectivity index (χ0v) is 27.3. The van der Waals surface area contributed by atoms with Gasteiger partial charge in [-0.3, -0.25) is 0 Å². The topological polar surface area (TPSA) is 16.4 Å². The van der Waals surface area contributed by atoms with E-state index in [9.17, 15) is 0 Å². The van der Waals surface area contributed by atoms with Gasteiger partial charge in [0.2, 0.25) is 0 Å². The molecule has 0 fully saturated rings. The average molecular weight is 644 g/mol. The van der Waals surface area contributed by atoms with E-state index in [1.54, 1.807) is 0 Å². The fraction of sp³-hybridized carbons (Fsp3) is 0. The quantitative estimate of drug-likeness (QED) is 0.186. The van der Waals surface area contributed by atoms with Gasteiger partial charge in [-0.2, -0.15) is 0 Å². The molecule has 10 aromatic rings. The number of para-hydroxylation sites is 2. The van der Waals surface area contributed by atoms with Crippen molar-refractivity contribution in [1.82, 2.24) is 0 Å². The van der Waals surface area contributed by atoms with Gasteiger partial charge in [-0.05, 0) is 70.6 Å². The summed E-state index contributed by atoms with van der Waals surface area (Å²) in [5.74, 6) is 0. The molecule has 3 heteroatoms. The van der Waals surface area contributed by atoms with Gasteiger partial charge in [-0.25, -0.2) is 0 Å². The highest BCUT2D eigenvalue weighted by Gasteiger charge is 2.20. The summed E-state index contributed by atoms with van der Waals surface area (Å²) in [5.41, 5.74) is 9.87. The smallest absolute Gasteiger partial charge is 0.143 e. The van der Waals surface area contributed by atoms with Gasteiger partial charge in [0.15, 0.2) is 0 Å². The third-order valence-electron chi connectivity index (χ3n) is 9.66. The second-order valence-corrected chi connectivity index (χ2v) is 13.5. The van der Waals surface area contributed by atoms with Crippen molar-refractivity contribution in [3.05, 3.63) is 176 Å². The van der Waals surface area contributed by atoms with E-state index in [0.717, 1.165) is 49.8 Å². The molecule has 0 atom stereocenters. The number of fused-ring (bicyclic) bond motifs is 8. The van der Waals surface area contributed by atoms with Crippen LogP contribution in [-0.4, -0.2) is 0 Å². The summed E-state index contributed by atoms with van der Waals surface area (Å²) in [6.07, 6.45) is 0. The Balaban J connectivity index is 1.14. The molecule has 0 radical (unpaired) electrons. The molecule has 0 unspecified atom stereocenters. The SMILES string of the molecule is c1ccc(-c2cc3c4cccc(-c5ccc(N(c6ccccc6)c6cccc7sc8ccccc8c67)cc5)c4oc3c3ccccc23)cc1. The van der Waals surface area contributed by atoms with Gasteiger partial charge in [0.05, 0.1) is 5.69 Å². The van der Waals surface area contributed by atoms with Crippen LogP contribution in [0.1, 0.15) is 0 Å². The third-order valence-corrected chi connectivity index (χ3v) is 10.8. The van der Waals surface area contributed by atoms with Crippen LogP contribution in [0, 0.1) is 0 Å². The molecule has 0 amide bonds. The Morgan fingerprint density at radius 2 is 0.980 bits per heavy atom. The van der Waals surface area contributed by atoms with E-state index in [1.807, 2.05) is 11.3 Å². The molecule has 0 saturated heterocycles. The molecule has 49 heavy (non-hydrogen) atoms. The molecule has 0 N–H and O–H groups in total. The summed E-state index contributed by atoms with van der Waals surface area (Å²) in [7, 11) is 0. The molecule has 230 valence electrons. The number of furan rings is 1. The number of hydrogen-bond acceptors (Lipinski definition) is 3. The van der Waals surface area contributed by atoms with E-state index in [-0.39, 0.29) is 0 Å². The van der Waals surface area contributed by atoms with Crippen LogP contribution < -0.4 is 4.90 Å². The molecule has 10 rings (SSSR count). The van der Waals surface area contributed by atoms with Crippen LogP contribution in [0.4, 0.5) is 17.1 Å². The summed E-state index contributed by atoms with van der Waals surface area (Å²) < 4.78 is 9.42. The van der Waals surface area contributed by atoms with E-state index in [4.69, 9.17) is 4.42 Å². The first-order chi connectivity index (χ1) is 24.3. The van der Waals surface area contributed by atoms with Gasteiger partial charge in [0, 0.05) is 53.3 Å². The Morgan fingerprint density at radius 3 is 1.80 bits per heavy atom. The zero-order valence-electron chi connectivity index (χ0n) is 26.5. The minimum Gasteiger partial charge on any atom is -0.455 e. The van der Waals surface area contributed by atoms with E-state index in [1.165, 1.54) is 42.4 Å². The van der Waals surface area contributed by atoms with Gasteiger partial charge in [0.1, 0.15) is 11.2 Å². The Hall–Kier alpha value is -6.16. The van der Waals surface area contributed by atoms with Crippen molar-refractivity contribution in [2.45, 2.75) is 0 Å². The lowest BCUT2D eigenvalue weighted by molar-refractivity contribution is 0.674. The molecule has 2 nitrogen and oxygen atoms in total. The maximum Gasteiger partial charge on any atom is 0.143 e. The number of anilines is 3. The van der Waals surface area contributed by atoms with Crippen LogP contribution in [0.5, 0.6) is 0 Å². The van der Waals surface area contributed by atoms with Crippen LogP contribution in [0.3, 0.4) is 0 Å². The van der Waals surface area contributed by atoms with Crippen molar-refractivity contribution in [3.8, 4) is 22.3 Å². The lowest BCUT2D eigenvalue weighted by Gasteiger charge is -2.26. The summed E-state index contributed by atoms with van der Waals surface area (Å²) in [6, 6.07) is 63.0. The van der Waals surface area contributed by atoms with Gasteiger partial charge in [-0.15, -0.1) is 11.3 Å². The molecule has 8 aromatic carbocycles. The number of thiophene rings is 1. The van der Waals surface area contributed by atoms with Gasteiger partial charge < -0.3 is 9.32 Å². The van der Waals surface area contributed by atoms with E-state index >= 15 is 0 Å². The highest BCUT2D eigenvalue weighted by atomic mass is 32.1. The monoisotopic (exact) mass is 643 g/mol. The molecule has 0 saturated carbocycles. The second kappa shape index (κ2) is 11.2. The highest BCUT2D eigenvalue weighted by molar-refractivity contribution is 7.26. The fourth-order valence-corrected chi connectivity index (χ4v) is 8.57. The number of benzene rings is 8. The molecule has 0 aliphatic carbocycles. The minimum atomic E-state index is 0.912. The van der Waals surface area contributed by atoms with Gasteiger partial charge in [0.25, 0.3) is 0 Å². The lowest BCUT2D eigenvalue weighted by Crippen LogP contribution is -2.10.